The first-order valence-electron chi connectivity index (χ1n) is 9.49. The van der Waals surface area contributed by atoms with Crippen LogP contribution in [0.5, 0.6) is 0 Å². The zero-order valence-corrected chi connectivity index (χ0v) is 15.7. The molecular formula is C20H26N6O. The van der Waals surface area contributed by atoms with Gasteiger partial charge in [-0.05, 0) is 37.6 Å². The molecule has 1 atom stereocenters. The lowest BCUT2D eigenvalue weighted by atomic mass is 9.70. The number of hydrogen-bond acceptors (Lipinski definition) is 6. The lowest BCUT2D eigenvalue weighted by Crippen LogP contribution is -2.61. The van der Waals surface area contributed by atoms with Crippen molar-refractivity contribution < 1.29 is 4.79 Å². The average Bonchev–Trinajstić information content (AvgIpc) is 2.99. The van der Waals surface area contributed by atoms with Crippen LogP contribution in [0, 0.1) is 5.41 Å². The molecule has 27 heavy (non-hydrogen) atoms. The van der Waals surface area contributed by atoms with E-state index in [0.29, 0.717) is 18.3 Å². The first-order valence-corrected chi connectivity index (χ1v) is 9.49. The molecule has 0 saturated carbocycles. The minimum Gasteiger partial charge on any atom is -0.368 e. The maximum Gasteiger partial charge on any atom is 0.222 e. The number of hydrogen-bond donors (Lipinski definition) is 1. The number of anilines is 1. The fraction of sp³-hybridized carbons (Fsp3) is 0.500. The summed E-state index contributed by atoms with van der Waals surface area (Å²) in [5.41, 5.74) is 8.05. The average molecular weight is 366 g/mol. The lowest BCUT2D eigenvalue weighted by molar-refractivity contribution is -0.143. The van der Waals surface area contributed by atoms with Crippen LogP contribution in [0.4, 0.5) is 5.95 Å². The van der Waals surface area contributed by atoms with Crippen LogP contribution in [0.15, 0.2) is 36.8 Å². The fourth-order valence-corrected chi connectivity index (χ4v) is 4.57. The van der Waals surface area contributed by atoms with Crippen molar-refractivity contribution in [2.24, 2.45) is 5.41 Å². The Balaban J connectivity index is 1.34. The normalized spacial score (nSPS) is 21.4. The van der Waals surface area contributed by atoms with E-state index in [1.807, 2.05) is 23.2 Å². The molecule has 1 spiro atoms. The van der Waals surface area contributed by atoms with Gasteiger partial charge in [0.25, 0.3) is 0 Å². The minimum absolute atomic E-state index is 0.0918. The molecule has 1 amide bonds. The number of aromatic nitrogens is 3. The molecule has 4 rings (SSSR count). The number of likely N-dealkylation sites (N-methyl/N-ethyl adjacent to an activating group) is 1. The van der Waals surface area contributed by atoms with E-state index >= 15 is 0 Å². The van der Waals surface area contributed by atoms with Crippen LogP contribution < -0.4 is 5.73 Å². The van der Waals surface area contributed by atoms with Gasteiger partial charge in [-0.25, -0.2) is 9.97 Å². The Hall–Kier alpha value is -2.54. The zero-order valence-electron chi connectivity index (χ0n) is 15.7. The summed E-state index contributed by atoms with van der Waals surface area (Å²) >= 11 is 0. The third kappa shape index (κ3) is 3.64. The highest BCUT2D eigenvalue weighted by Gasteiger charge is 2.55. The number of amides is 1. The van der Waals surface area contributed by atoms with E-state index in [-0.39, 0.29) is 11.3 Å². The lowest BCUT2D eigenvalue weighted by Gasteiger charge is -2.51. The Bertz CT molecular complexity index is 805. The van der Waals surface area contributed by atoms with Crippen LogP contribution in [0.3, 0.4) is 0 Å². The number of nitrogens with zero attached hydrogens (tertiary/aromatic N) is 5. The van der Waals surface area contributed by atoms with Gasteiger partial charge in [-0.1, -0.05) is 6.07 Å². The number of nitrogens with two attached hydrogens (primary N) is 1. The van der Waals surface area contributed by atoms with Gasteiger partial charge in [0.15, 0.2) is 0 Å². The molecule has 0 radical (unpaired) electrons. The molecule has 2 aliphatic heterocycles. The number of carbonyl (C=O) groups excluding carboxylic acids is 1. The molecule has 2 aliphatic rings. The van der Waals surface area contributed by atoms with E-state index in [2.05, 4.69) is 33.0 Å². The van der Waals surface area contributed by atoms with Gasteiger partial charge in [-0.2, -0.15) is 0 Å². The second-order valence-corrected chi connectivity index (χ2v) is 7.92. The third-order valence-electron chi connectivity index (χ3n) is 5.81. The van der Waals surface area contributed by atoms with Gasteiger partial charge < -0.3 is 15.5 Å². The van der Waals surface area contributed by atoms with Crippen LogP contribution in [0.2, 0.25) is 0 Å². The molecule has 2 fully saturated rings. The standard InChI is InChI=1S/C20H26N6O/c1-25-11-16(17-7-9-23-19(21)24-17)20(12-25)13-26(14-20)18(27)6-2-4-15-5-3-8-22-10-15/h3,5,7-10,16H,2,4,6,11-14H2,1H3,(H2,21,23,24). The summed E-state index contributed by atoms with van der Waals surface area (Å²) < 4.78 is 0. The first-order chi connectivity index (χ1) is 13.1. The topological polar surface area (TPSA) is 88.2 Å². The van der Waals surface area contributed by atoms with Crippen LogP contribution in [-0.2, 0) is 11.2 Å². The van der Waals surface area contributed by atoms with E-state index < -0.39 is 0 Å². The van der Waals surface area contributed by atoms with Gasteiger partial charge >= 0.3 is 0 Å². The first kappa shape index (κ1) is 17.9. The van der Waals surface area contributed by atoms with Crippen molar-refractivity contribution in [2.75, 3.05) is 39.0 Å². The van der Waals surface area contributed by atoms with Crippen molar-refractivity contribution in [1.29, 1.82) is 0 Å². The summed E-state index contributed by atoms with van der Waals surface area (Å²) in [5, 5.41) is 0. The fourth-order valence-electron chi connectivity index (χ4n) is 4.57. The maximum absolute atomic E-state index is 12.6. The van der Waals surface area contributed by atoms with Gasteiger partial charge in [0.1, 0.15) is 0 Å². The maximum atomic E-state index is 12.6. The van der Waals surface area contributed by atoms with Crippen molar-refractivity contribution in [3.63, 3.8) is 0 Å². The molecule has 0 aliphatic carbocycles. The highest BCUT2D eigenvalue weighted by atomic mass is 16.2. The zero-order chi connectivity index (χ0) is 18.9. The molecule has 0 bridgehead atoms. The van der Waals surface area contributed by atoms with Gasteiger partial charge in [-0.3, -0.25) is 9.78 Å². The molecule has 2 aromatic rings. The van der Waals surface area contributed by atoms with E-state index in [1.165, 1.54) is 5.56 Å². The highest BCUT2D eigenvalue weighted by molar-refractivity contribution is 5.77. The monoisotopic (exact) mass is 366 g/mol. The van der Waals surface area contributed by atoms with Crippen LogP contribution in [0.25, 0.3) is 0 Å². The second kappa shape index (κ2) is 7.23. The van der Waals surface area contributed by atoms with Crippen molar-refractivity contribution in [3.05, 3.63) is 48.0 Å². The van der Waals surface area contributed by atoms with Crippen molar-refractivity contribution in [2.45, 2.75) is 25.2 Å². The predicted molar refractivity (Wildman–Crippen MR) is 103 cm³/mol. The molecule has 142 valence electrons. The molecule has 7 nitrogen and oxygen atoms in total. The largest absolute Gasteiger partial charge is 0.368 e. The Labute approximate surface area is 159 Å². The minimum atomic E-state index is 0.0918. The van der Waals surface area contributed by atoms with Crippen molar-refractivity contribution in [1.82, 2.24) is 24.8 Å². The third-order valence-corrected chi connectivity index (χ3v) is 5.81. The Morgan fingerprint density at radius 2 is 2.15 bits per heavy atom. The summed E-state index contributed by atoms with van der Waals surface area (Å²) in [7, 11) is 2.13. The Kier molecular flexibility index (Phi) is 4.78. The predicted octanol–water partition coefficient (Wildman–Crippen LogP) is 1.33. The van der Waals surface area contributed by atoms with Crippen molar-refractivity contribution in [3.8, 4) is 0 Å². The number of rotatable bonds is 5. The number of carbonyl (C=O) groups is 1. The summed E-state index contributed by atoms with van der Waals surface area (Å²) in [5.74, 6) is 0.868. The molecule has 7 heteroatoms. The number of likely N-dealkylation sites (tertiary alicyclic amines) is 2. The summed E-state index contributed by atoms with van der Waals surface area (Å²) in [6.07, 6.45) is 7.71. The van der Waals surface area contributed by atoms with Gasteiger partial charge in [0, 0.05) is 62.5 Å². The van der Waals surface area contributed by atoms with Crippen LogP contribution >= 0.6 is 0 Å². The molecule has 2 saturated heterocycles. The SMILES string of the molecule is CN1CC(c2ccnc(N)n2)C2(C1)CN(C(=O)CCCc1cccnc1)C2. The van der Waals surface area contributed by atoms with E-state index in [9.17, 15) is 4.79 Å². The summed E-state index contributed by atoms with van der Waals surface area (Å²) in [6, 6.07) is 5.95. The van der Waals surface area contributed by atoms with Gasteiger partial charge in [0.05, 0.1) is 5.69 Å². The Morgan fingerprint density at radius 3 is 2.89 bits per heavy atom. The van der Waals surface area contributed by atoms with E-state index in [1.54, 1.807) is 12.4 Å². The van der Waals surface area contributed by atoms with Crippen molar-refractivity contribution >= 4 is 11.9 Å². The van der Waals surface area contributed by atoms with Crippen LogP contribution in [-0.4, -0.2) is 63.9 Å². The van der Waals surface area contributed by atoms with E-state index in [4.69, 9.17) is 5.73 Å². The highest BCUT2D eigenvalue weighted by Crippen LogP contribution is 2.48. The smallest absolute Gasteiger partial charge is 0.222 e. The second-order valence-electron chi connectivity index (χ2n) is 7.92. The molecule has 2 N–H and O–H groups in total. The molecule has 2 aromatic heterocycles. The summed E-state index contributed by atoms with van der Waals surface area (Å²) in [4.78, 5) is 29.5. The number of pyridine rings is 1. The van der Waals surface area contributed by atoms with Gasteiger partial charge in [0.2, 0.25) is 11.9 Å². The molecular weight excluding hydrogens is 340 g/mol. The van der Waals surface area contributed by atoms with E-state index in [0.717, 1.165) is 44.7 Å². The number of aryl methyl sites for hydroxylation is 1. The van der Waals surface area contributed by atoms with Gasteiger partial charge in [-0.15, -0.1) is 0 Å². The summed E-state index contributed by atoms with van der Waals surface area (Å²) in [6.45, 7) is 3.54. The Morgan fingerprint density at radius 1 is 1.30 bits per heavy atom. The molecule has 0 aromatic carbocycles. The molecule has 4 heterocycles. The molecule has 1 unspecified atom stereocenters. The number of nitrogen functional groups attached to an aromatic ring is 1. The quantitative estimate of drug-likeness (QED) is 0.859. The van der Waals surface area contributed by atoms with Crippen LogP contribution in [0.1, 0.15) is 30.0 Å².